The molecule has 4 rings (SSSR count). The number of aliphatic hydroxyl groups is 1. The molecular weight excluding hydrogens is 468 g/mol. The molecule has 2 unspecified atom stereocenters. The maximum Gasteiger partial charge on any atom is 0.235 e. The number of benzene rings is 1. The van der Waals surface area contributed by atoms with E-state index in [1.54, 1.807) is 20.2 Å². The molecule has 0 aliphatic heterocycles. The van der Waals surface area contributed by atoms with E-state index >= 15 is 0 Å². The average Bonchev–Trinajstić information content (AvgIpc) is 2.77. The summed E-state index contributed by atoms with van der Waals surface area (Å²) >= 11 is 0. The van der Waals surface area contributed by atoms with Crippen LogP contribution in [0.5, 0.6) is 5.75 Å². The molecule has 3 aliphatic carbocycles. The number of amides is 1. The molecule has 0 spiro atoms. The zero-order chi connectivity index (χ0) is 26.9. The molecule has 0 heterocycles. The first-order valence-electron chi connectivity index (χ1n) is 11.8. The Bertz CT molecular complexity index is 1190. The van der Waals surface area contributed by atoms with Gasteiger partial charge < -0.3 is 26.6 Å². The third-order valence-electron chi connectivity index (χ3n) is 7.94. The van der Waals surface area contributed by atoms with Crippen molar-refractivity contribution in [2.75, 3.05) is 28.2 Å². The van der Waals surface area contributed by atoms with Crippen LogP contribution >= 0.6 is 0 Å². The van der Waals surface area contributed by atoms with Crippen LogP contribution in [-0.2, 0) is 38.7 Å². The van der Waals surface area contributed by atoms with Gasteiger partial charge in [-0.15, -0.1) is 0 Å². The van der Waals surface area contributed by atoms with Crippen LogP contribution in [-0.4, -0.2) is 88.9 Å². The fourth-order valence-electron chi connectivity index (χ4n) is 6.45. The third kappa shape index (κ3) is 3.52. The number of phenols is 1. The SMILES string of the molecule is CN(C)Cc1cc(CN)c(O)c2c1C[C@H]1C[C@H]3[C@H](N(C)C)C(=O)C(C(N)=O)C(=O)[C@@]3(O)C(=O)C1C2=O. The van der Waals surface area contributed by atoms with Gasteiger partial charge in [0, 0.05) is 24.6 Å². The summed E-state index contributed by atoms with van der Waals surface area (Å²) in [4.78, 5) is 69.4. The number of hydrogen-bond donors (Lipinski definition) is 4. The van der Waals surface area contributed by atoms with Gasteiger partial charge in [-0.2, -0.15) is 0 Å². The van der Waals surface area contributed by atoms with Crippen LogP contribution in [0.15, 0.2) is 6.07 Å². The van der Waals surface area contributed by atoms with E-state index < -0.39 is 64.4 Å². The number of nitrogens with zero attached hydrogens (tertiary/aromatic N) is 2. The number of phenolic OH excluding ortho intramolecular Hbond substituents is 1. The number of nitrogens with two attached hydrogens (primary N) is 2. The molecule has 0 bridgehead atoms. The second-order valence-electron chi connectivity index (χ2n) is 10.6. The van der Waals surface area contributed by atoms with Gasteiger partial charge in [0.2, 0.25) is 5.91 Å². The molecule has 0 saturated heterocycles. The molecule has 1 amide bonds. The van der Waals surface area contributed by atoms with E-state index in [0.717, 1.165) is 5.56 Å². The largest absolute Gasteiger partial charge is 0.507 e. The lowest BCUT2D eigenvalue weighted by Crippen LogP contribution is -2.74. The zero-order valence-corrected chi connectivity index (χ0v) is 20.8. The summed E-state index contributed by atoms with van der Waals surface area (Å²) < 4.78 is 0. The van der Waals surface area contributed by atoms with Crippen molar-refractivity contribution in [3.05, 3.63) is 28.3 Å². The van der Waals surface area contributed by atoms with Crippen molar-refractivity contribution in [1.29, 1.82) is 0 Å². The average molecular weight is 501 g/mol. The van der Waals surface area contributed by atoms with Gasteiger partial charge in [0.25, 0.3) is 0 Å². The molecule has 11 heteroatoms. The van der Waals surface area contributed by atoms with Crippen molar-refractivity contribution in [3.8, 4) is 5.75 Å². The molecule has 6 N–H and O–H groups in total. The monoisotopic (exact) mass is 500 g/mol. The van der Waals surface area contributed by atoms with Crippen molar-refractivity contribution in [3.63, 3.8) is 0 Å². The summed E-state index contributed by atoms with van der Waals surface area (Å²) in [6.07, 6.45) is 0.248. The Morgan fingerprint density at radius 3 is 2.28 bits per heavy atom. The number of carbonyl (C=O) groups excluding carboxylic acids is 5. The molecule has 36 heavy (non-hydrogen) atoms. The molecule has 0 aromatic heterocycles. The van der Waals surface area contributed by atoms with E-state index in [4.69, 9.17) is 11.5 Å². The van der Waals surface area contributed by atoms with Crippen molar-refractivity contribution < 1.29 is 34.2 Å². The molecule has 1 aromatic rings. The van der Waals surface area contributed by atoms with Crippen LogP contribution in [0.25, 0.3) is 0 Å². The standard InChI is InChI=1S/C25H32N4O7/c1-28(2)9-12-5-11(8-26)19(30)16-13(12)6-10-7-14-18(29(3)4)21(32)17(24(27)35)23(34)25(14,36)22(33)15(10)20(16)31/h5,10,14-15,17-18,30,36H,6-9,26H2,1-4H3,(H2,27,35)/t10-,14-,15?,17?,18-,25-/m0/s1. The Morgan fingerprint density at radius 2 is 1.75 bits per heavy atom. The number of primary amides is 1. The Labute approximate surface area is 208 Å². The van der Waals surface area contributed by atoms with E-state index in [1.807, 2.05) is 19.0 Å². The van der Waals surface area contributed by atoms with Crippen molar-refractivity contribution in [2.45, 2.75) is 37.6 Å². The first-order chi connectivity index (χ1) is 16.8. The molecule has 3 aliphatic rings. The number of rotatable bonds is 5. The topological polar surface area (TPSA) is 184 Å². The minimum atomic E-state index is -2.73. The first-order valence-corrected chi connectivity index (χ1v) is 11.8. The number of ketones is 4. The van der Waals surface area contributed by atoms with Crippen molar-refractivity contribution in [1.82, 2.24) is 9.80 Å². The van der Waals surface area contributed by atoms with E-state index in [9.17, 15) is 34.2 Å². The maximum absolute atomic E-state index is 13.8. The molecule has 1 aromatic carbocycles. The minimum Gasteiger partial charge on any atom is -0.507 e. The van der Waals surface area contributed by atoms with Crippen LogP contribution in [0, 0.1) is 23.7 Å². The normalized spacial score (nSPS) is 31.9. The first kappa shape index (κ1) is 26.1. The molecule has 2 fully saturated rings. The second-order valence-corrected chi connectivity index (χ2v) is 10.6. The van der Waals surface area contributed by atoms with Crippen molar-refractivity contribution >= 4 is 29.0 Å². The second kappa shape index (κ2) is 8.84. The third-order valence-corrected chi connectivity index (χ3v) is 7.94. The summed E-state index contributed by atoms with van der Waals surface area (Å²) in [7, 11) is 6.82. The quantitative estimate of drug-likeness (QED) is 0.343. The van der Waals surface area contributed by atoms with Crippen LogP contribution in [0.4, 0.5) is 0 Å². The minimum absolute atomic E-state index is 0.0186. The summed E-state index contributed by atoms with van der Waals surface area (Å²) in [5.41, 5.74) is 10.1. The van der Waals surface area contributed by atoms with Gasteiger partial charge in [0.15, 0.2) is 34.7 Å². The molecule has 6 atom stereocenters. The number of carbonyl (C=O) groups is 5. The van der Waals surface area contributed by atoms with Gasteiger partial charge >= 0.3 is 0 Å². The van der Waals surface area contributed by atoms with Crippen LogP contribution < -0.4 is 11.5 Å². The van der Waals surface area contributed by atoms with E-state index in [0.29, 0.717) is 17.7 Å². The fraction of sp³-hybridized carbons (Fsp3) is 0.560. The van der Waals surface area contributed by atoms with Gasteiger partial charge in [-0.05, 0) is 64.1 Å². The van der Waals surface area contributed by atoms with Crippen LogP contribution in [0.2, 0.25) is 0 Å². The van der Waals surface area contributed by atoms with E-state index in [2.05, 4.69) is 0 Å². The maximum atomic E-state index is 13.8. The molecule has 2 saturated carbocycles. The number of fused-ring (bicyclic) bond motifs is 3. The van der Waals surface area contributed by atoms with Gasteiger partial charge in [0.1, 0.15) is 5.75 Å². The Kier molecular flexibility index (Phi) is 6.40. The van der Waals surface area contributed by atoms with Crippen LogP contribution in [0.3, 0.4) is 0 Å². The summed E-state index contributed by atoms with van der Waals surface area (Å²) in [5.74, 6) is -10.5. The number of Topliss-reactive ketones (excluding diaryl/α,β-unsaturated/α-hetero) is 4. The Hall–Kier alpha value is -2.99. The smallest absolute Gasteiger partial charge is 0.235 e. The lowest BCUT2D eigenvalue weighted by Gasteiger charge is -2.52. The van der Waals surface area contributed by atoms with Gasteiger partial charge in [-0.1, -0.05) is 0 Å². The van der Waals surface area contributed by atoms with Crippen molar-refractivity contribution in [2.24, 2.45) is 35.1 Å². The van der Waals surface area contributed by atoms with E-state index in [-0.39, 0.29) is 30.7 Å². The molecular formula is C25H32N4O7. The summed E-state index contributed by atoms with van der Waals surface area (Å²) in [6.45, 7) is 0.422. The lowest BCUT2D eigenvalue weighted by molar-refractivity contribution is -0.181. The van der Waals surface area contributed by atoms with Gasteiger partial charge in [-0.25, -0.2) is 0 Å². The van der Waals surface area contributed by atoms with Crippen LogP contribution in [0.1, 0.15) is 33.5 Å². The fourth-order valence-corrected chi connectivity index (χ4v) is 6.45. The highest BCUT2D eigenvalue weighted by atomic mass is 16.3. The Morgan fingerprint density at radius 1 is 1.11 bits per heavy atom. The highest BCUT2D eigenvalue weighted by molar-refractivity contribution is 6.32. The number of hydrogen-bond acceptors (Lipinski definition) is 10. The number of aromatic hydroxyl groups is 1. The van der Waals surface area contributed by atoms with Gasteiger partial charge in [-0.3, -0.25) is 28.9 Å². The molecule has 11 nitrogen and oxygen atoms in total. The molecule has 0 radical (unpaired) electrons. The predicted octanol–water partition coefficient (Wildman–Crippen LogP) is -1.61. The highest BCUT2D eigenvalue weighted by Gasteiger charge is 2.69. The summed E-state index contributed by atoms with van der Waals surface area (Å²) in [5, 5.41) is 22.5. The highest BCUT2D eigenvalue weighted by Crippen LogP contribution is 2.51. The lowest BCUT2D eigenvalue weighted by atomic mass is 9.52. The van der Waals surface area contributed by atoms with Gasteiger partial charge in [0.05, 0.1) is 17.5 Å². The van der Waals surface area contributed by atoms with E-state index in [1.165, 1.54) is 4.90 Å². The number of likely N-dealkylation sites (N-methyl/N-ethyl adjacent to an activating group) is 1. The Balaban J connectivity index is 1.89. The zero-order valence-electron chi connectivity index (χ0n) is 20.8. The molecule has 194 valence electrons. The summed E-state index contributed by atoms with van der Waals surface area (Å²) in [6, 6.07) is 0.622. The predicted molar refractivity (Wildman–Crippen MR) is 127 cm³/mol.